The first-order valence-corrected chi connectivity index (χ1v) is 6.36. The summed E-state index contributed by atoms with van der Waals surface area (Å²) in [4.78, 5) is 11.3. The first-order valence-electron chi connectivity index (χ1n) is 6.36. The van der Waals surface area contributed by atoms with Crippen LogP contribution in [0.5, 0.6) is 0 Å². The summed E-state index contributed by atoms with van der Waals surface area (Å²) in [7, 11) is 0. The highest BCUT2D eigenvalue weighted by Gasteiger charge is 2.45. The number of carboxylic acid groups (broad SMARTS) is 1. The first-order chi connectivity index (χ1) is 7.40. The van der Waals surface area contributed by atoms with Crippen molar-refractivity contribution >= 4 is 5.97 Å². The van der Waals surface area contributed by atoms with E-state index in [2.05, 4.69) is 6.92 Å². The molecule has 0 radical (unpaired) electrons. The predicted octanol–water partition coefficient (Wildman–Crippen LogP) is 2.67. The van der Waals surface area contributed by atoms with Gasteiger partial charge in [0.05, 0.1) is 11.5 Å². The fraction of sp³-hybridized carbons (Fsp3) is 0.923. The SMILES string of the molecule is CCC1CCCC(O)(C(C(=O)O)C(C)C)C1. The fourth-order valence-electron chi connectivity index (χ4n) is 3.17. The Morgan fingerprint density at radius 1 is 1.50 bits per heavy atom. The van der Waals surface area contributed by atoms with Crippen LogP contribution in [0.25, 0.3) is 0 Å². The van der Waals surface area contributed by atoms with Gasteiger partial charge in [-0.1, -0.05) is 40.0 Å². The second-order valence-electron chi connectivity index (χ2n) is 5.53. The summed E-state index contributed by atoms with van der Waals surface area (Å²) in [5, 5.41) is 19.9. The lowest BCUT2D eigenvalue weighted by molar-refractivity contribution is -0.160. The largest absolute Gasteiger partial charge is 0.481 e. The molecule has 0 aliphatic heterocycles. The standard InChI is InChI=1S/C13H24O3/c1-4-10-6-5-7-13(16,8-10)11(9(2)3)12(14)15/h9-11,16H,4-8H2,1-3H3,(H,14,15). The first kappa shape index (κ1) is 13.5. The molecule has 3 nitrogen and oxygen atoms in total. The van der Waals surface area contributed by atoms with Gasteiger partial charge in [0.1, 0.15) is 0 Å². The van der Waals surface area contributed by atoms with Crippen LogP contribution in [0.2, 0.25) is 0 Å². The quantitative estimate of drug-likeness (QED) is 0.777. The second-order valence-corrected chi connectivity index (χ2v) is 5.53. The van der Waals surface area contributed by atoms with Gasteiger partial charge in [0.15, 0.2) is 0 Å². The summed E-state index contributed by atoms with van der Waals surface area (Å²) in [6.45, 7) is 5.88. The van der Waals surface area contributed by atoms with Crippen molar-refractivity contribution in [3.63, 3.8) is 0 Å². The molecule has 2 N–H and O–H groups in total. The molecule has 0 aromatic rings. The Kier molecular flexibility index (Phi) is 4.36. The number of aliphatic hydroxyl groups is 1. The third kappa shape index (κ3) is 2.76. The lowest BCUT2D eigenvalue weighted by Crippen LogP contribution is -2.48. The molecular weight excluding hydrogens is 204 g/mol. The molecule has 3 atom stereocenters. The molecule has 1 saturated carbocycles. The van der Waals surface area contributed by atoms with Gasteiger partial charge in [-0.3, -0.25) is 4.79 Å². The highest BCUT2D eigenvalue weighted by Crippen LogP contribution is 2.41. The summed E-state index contributed by atoms with van der Waals surface area (Å²) < 4.78 is 0. The maximum atomic E-state index is 11.3. The van der Waals surface area contributed by atoms with Crippen LogP contribution < -0.4 is 0 Å². The van der Waals surface area contributed by atoms with Crippen molar-refractivity contribution in [1.82, 2.24) is 0 Å². The van der Waals surface area contributed by atoms with Crippen LogP contribution in [0, 0.1) is 17.8 Å². The smallest absolute Gasteiger partial charge is 0.309 e. The van der Waals surface area contributed by atoms with E-state index >= 15 is 0 Å². The van der Waals surface area contributed by atoms with Crippen LogP contribution in [0.4, 0.5) is 0 Å². The minimum absolute atomic E-state index is 0.0156. The van der Waals surface area contributed by atoms with Crippen LogP contribution in [0.3, 0.4) is 0 Å². The fourth-order valence-corrected chi connectivity index (χ4v) is 3.17. The second kappa shape index (κ2) is 5.17. The molecule has 3 unspecified atom stereocenters. The van der Waals surface area contributed by atoms with E-state index < -0.39 is 17.5 Å². The Morgan fingerprint density at radius 2 is 2.12 bits per heavy atom. The van der Waals surface area contributed by atoms with Crippen molar-refractivity contribution in [2.75, 3.05) is 0 Å². The molecule has 0 aromatic heterocycles. The van der Waals surface area contributed by atoms with Gasteiger partial charge in [0, 0.05) is 0 Å². The number of hydrogen-bond donors (Lipinski definition) is 2. The number of carbonyl (C=O) groups is 1. The Balaban J connectivity index is 2.84. The van der Waals surface area contributed by atoms with Gasteiger partial charge < -0.3 is 10.2 Å². The van der Waals surface area contributed by atoms with Crippen LogP contribution in [0.15, 0.2) is 0 Å². The highest BCUT2D eigenvalue weighted by molar-refractivity contribution is 5.71. The molecule has 3 heteroatoms. The lowest BCUT2D eigenvalue weighted by atomic mass is 9.67. The molecule has 0 aromatic carbocycles. The Hall–Kier alpha value is -0.570. The van der Waals surface area contributed by atoms with Crippen molar-refractivity contribution in [3.05, 3.63) is 0 Å². The topological polar surface area (TPSA) is 57.5 Å². The summed E-state index contributed by atoms with van der Waals surface area (Å²) >= 11 is 0. The van der Waals surface area contributed by atoms with E-state index in [0.29, 0.717) is 18.8 Å². The molecule has 0 amide bonds. The third-order valence-electron chi connectivity index (χ3n) is 3.95. The Labute approximate surface area is 97.9 Å². The summed E-state index contributed by atoms with van der Waals surface area (Å²) in [5.41, 5.74) is -0.987. The van der Waals surface area contributed by atoms with Crippen LogP contribution in [-0.4, -0.2) is 21.8 Å². The van der Waals surface area contributed by atoms with E-state index in [1.165, 1.54) is 0 Å². The summed E-state index contributed by atoms with van der Waals surface area (Å²) in [6.07, 6.45) is 4.40. The molecule has 1 rings (SSSR count). The van der Waals surface area contributed by atoms with Crippen molar-refractivity contribution in [1.29, 1.82) is 0 Å². The number of hydrogen-bond acceptors (Lipinski definition) is 2. The Morgan fingerprint density at radius 3 is 2.56 bits per heavy atom. The zero-order chi connectivity index (χ0) is 12.3. The molecule has 1 aliphatic rings. The van der Waals surface area contributed by atoms with Gasteiger partial charge in [-0.2, -0.15) is 0 Å². The van der Waals surface area contributed by atoms with E-state index in [1.54, 1.807) is 0 Å². The van der Waals surface area contributed by atoms with E-state index in [0.717, 1.165) is 19.3 Å². The molecule has 0 heterocycles. The molecule has 1 fully saturated rings. The number of carboxylic acids is 1. The van der Waals surface area contributed by atoms with E-state index in [-0.39, 0.29) is 5.92 Å². The van der Waals surface area contributed by atoms with Crippen molar-refractivity contribution in [2.45, 2.75) is 58.5 Å². The third-order valence-corrected chi connectivity index (χ3v) is 3.95. The van der Waals surface area contributed by atoms with Gasteiger partial charge in [-0.25, -0.2) is 0 Å². The van der Waals surface area contributed by atoms with Gasteiger partial charge in [-0.05, 0) is 24.7 Å². The molecule has 16 heavy (non-hydrogen) atoms. The normalized spacial score (nSPS) is 32.7. The number of aliphatic carboxylic acids is 1. The van der Waals surface area contributed by atoms with Crippen molar-refractivity contribution in [2.24, 2.45) is 17.8 Å². The molecule has 94 valence electrons. The van der Waals surface area contributed by atoms with E-state index in [9.17, 15) is 15.0 Å². The maximum absolute atomic E-state index is 11.3. The van der Waals surface area contributed by atoms with Crippen LogP contribution >= 0.6 is 0 Å². The Bertz CT molecular complexity index is 250. The van der Waals surface area contributed by atoms with E-state index in [4.69, 9.17) is 0 Å². The minimum atomic E-state index is -0.987. The van der Waals surface area contributed by atoms with E-state index in [1.807, 2.05) is 13.8 Å². The monoisotopic (exact) mass is 228 g/mol. The number of rotatable bonds is 4. The molecular formula is C13H24O3. The molecule has 0 saturated heterocycles. The van der Waals surface area contributed by atoms with Crippen molar-refractivity contribution < 1.29 is 15.0 Å². The zero-order valence-electron chi connectivity index (χ0n) is 10.6. The summed E-state index contributed by atoms with van der Waals surface area (Å²) in [5.74, 6) is -1.01. The predicted molar refractivity (Wildman–Crippen MR) is 63.2 cm³/mol. The average Bonchev–Trinajstić information content (AvgIpc) is 2.15. The van der Waals surface area contributed by atoms with Crippen molar-refractivity contribution in [3.8, 4) is 0 Å². The lowest BCUT2D eigenvalue weighted by Gasteiger charge is -2.42. The van der Waals surface area contributed by atoms with Crippen LogP contribution in [0.1, 0.15) is 52.9 Å². The van der Waals surface area contributed by atoms with Gasteiger partial charge in [0.25, 0.3) is 0 Å². The van der Waals surface area contributed by atoms with Gasteiger partial charge in [0.2, 0.25) is 0 Å². The van der Waals surface area contributed by atoms with Gasteiger partial charge in [-0.15, -0.1) is 0 Å². The minimum Gasteiger partial charge on any atom is -0.481 e. The molecule has 0 bridgehead atoms. The molecule has 0 spiro atoms. The van der Waals surface area contributed by atoms with Crippen LogP contribution in [-0.2, 0) is 4.79 Å². The maximum Gasteiger partial charge on any atom is 0.309 e. The molecule has 1 aliphatic carbocycles. The van der Waals surface area contributed by atoms with Gasteiger partial charge >= 0.3 is 5.97 Å². The zero-order valence-corrected chi connectivity index (χ0v) is 10.6. The average molecular weight is 228 g/mol. The highest BCUT2D eigenvalue weighted by atomic mass is 16.4. The summed E-state index contributed by atoms with van der Waals surface area (Å²) in [6, 6.07) is 0.